The smallest absolute Gasteiger partial charge is 0.217 e. The minimum absolute atomic E-state index is 0.00153. The molecule has 1 fully saturated rings. The molecule has 1 aliphatic carbocycles. The minimum Gasteiger partial charge on any atom is -0.487 e. The number of carbonyl (C=O) groups is 1. The Bertz CT molecular complexity index is 836. The van der Waals surface area contributed by atoms with Crippen molar-refractivity contribution in [2.24, 2.45) is 0 Å². The van der Waals surface area contributed by atoms with Gasteiger partial charge in [0.25, 0.3) is 0 Å². The van der Waals surface area contributed by atoms with E-state index in [4.69, 9.17) is 9.47 Å². The van der Waals surface area contributed by atoms with Crippen LogP contribution in [0.2, 0.25) is 0 Å². The number of amides is 1. The van der Waals surface area contributed by atoms with Crippen LogP contribution in [0.1, 0.15) is 46.5 Å². The Kier molecular flexibility index (Phi) is 7.29. The van der Waals surface area contributed by atoms with Gasteiger partial charge in [-0.05, 0) is 51.7 Å². The Morgan fingerprint density at radius 1 is 1.34 bits per heavy atom. The standard InChI is InChI=1S/C21H30FN3O3S/c1-5-25(4)21-24-17-10-11-18(19(22)20(17)29-21)28-16-8-6-15(7-9-16)27-12-13(2)23-14(3)26/h10-11,13,15-16H,5-9,12H2,1-4H3,(H,23,26)/t13-,15?,16?/m0/s1. The largest absolute Gasteiger partial charge is 0.487 e. The normalized spacial score (nSPS) is 20.4. The molecule has 29 heavy (non-hydrogen) atoms. The first kappa shape index (κ1) is 21.8. The number of halogens is 1. The Labute approximate surface area is 175 Å². The molecule has 160 valence electrons. The highest BCUT2D eigenvalue weighted by Gasteiger charge is 2.25. The van der Waals surface area contributed by atoms with Crippen LogP contribution < -0.4 is 15.0 Å². The summed E-state index contributed by atoms with van der Waals surface area (Å²) >= 11 is 1.36. The van der Waals surface area contributed by atoms with Crippen LogP contribution in [0.25, 0.3) is 10.2 Å². The van der Waals surface area contributed by atoms with E-state index in [9.17, 15) is 9.18 Å². The molecule has 0 bridgehead atoms. The number of aromatic nitrogens is 1. The van der Waals surface area contributed by atoms with E-state index < -0.39 is 0 Å². The summed E-state index contributed by atoms with van der Waals surface area (Å²) in [5.74, 6) is -0.0691. The van der Waals surface area contributed by atoms with Gasteiger partial charge in [-0.3, -0.25) is 4.79 Å². The van der Waals surface area contributed by atoms with E-state index in [1.54, 1.807) is 6.07 Å². The van der Waals surface area contributed by atoms with Crippen LogP contribution >= 0.6 is 11.3 Å². The first-order valence-electron chi connectivity index (χ1n) is 10.2. The molecule has 0 saturated heterocycles. The van der Waals surface area contributed by atoms with Gasteiger partial charge in [0.2, 0.25) is 5.91 Å². The average molecular weight is 424 g/mol. The van der Waals surface area contributed by atoms with E-state index in [0.717, 1.165) is 37.4 Å². The molecule has 1 amide bonds. The fourth-order valence-corrected chi connectivity index (χ4v) is 4.50. The first-order valence-corrected chi connectivity index (χ1v) is 11.0. The third-order valence-corrected chi connectivity index (χ3v) is 6.38. The lowest BCUT2D eigenvalue weighted by atomic mass is 9.95. The number of nitrogens with one attached hydrogen (secondary N) is 1. The summed E-state index contributed by atoms with van der Waals surface area (Å²) in [7, 11) is 1.95. The van der Waals surface area contributed by atoms with Gasteiger partial charge in [-0.25, -0.2) is 9.37 Å². The van der Waals surface area contributed by atoms with Crippen LogP contribution in [0.4, 0.5) is 9.52 Å². The molecule has 1 aromatic heterocycles. The molecular weight excluding hydrogens is 393 g/mol. The van der Waals surface area contributed by atoms with Crippen LogP contribution in [0.3, 0.4) is 0 Å². The lowest BCUT2D eigenvalue weighted by molar-refractivity contribution is -0.120. The van der Waals surface area contributed by atoms with E-state index in [1.807, 2.05) is 31.9 Å². The maximum Gasteiger partial charge on any atom is 0.217 e. The predicted octanol–water partition coefficient (Wildman–Crippen LogP) is 4.12. The topological polar surface area (TPSA) is 63.7 Å². The number of nitrogens with zero attached hydrogens (tertiary/aromatic N) is 2. The Hall–Kier alpha value is -1.93. The number of ether oxygens (including phenoxy) is 2. The summed E-state index contributed by atoms with van der Waals surface area (Å²) in [6.45, 7) is 6.79. The van der Waals surface area contributed by atoms with Crippen LogP contribution in [0.15, 0.2) is 12.1 Å². The molecular formula is C21H30FN3O3S. The van der Waals surface area contributed by atoms with E-state index in [2.05, 4.69) is 10.3 Å². The third kappa shape index (κ3) is 5.57. The highest BCUT2D eigenvalue weighted by Crippen LogP contribution is 2.35. The van der Waals surface area contributed by atoms with Crippen LogP contribution in [0.5, 0.6) is 5.75 Å². The van der Waals surface area contributed by atoms with E-state index in [-0.39, 0.29) is 30.0 Å². The number of carbonyl (C=O) groups excluding carboxylic acids is 1. The van der Waals surface area contributed by atoms with Crippen LogP contribution in [-0.4, -0.2) is 49.3 Å². The molecule has 1 saturated carbocycles. The maximum absolute atomic E-state index is 15.0. The summed E-state index contributed by atoms with van der Waals surface area (Å²) in [6.07, 6.45) is 3.53. The van der Waals surface area contributed by atoms with Crippen molar-refractivity contribution in [3.63, 3.8) is 0 Å². The van der Waals surface area contributed by atoms with Gasteiger partial charge in [0.15, 0.2) is 16.7 Å². The van der Waals surface area contributed by atoms with Crippen molar-refractivity contribution in [1.82, 2.24) is 10.3 Å². The van der Waals surface area contributed by atoms with Crippen LogP contribution in [0, 0.1) is 5.82 Å². The van der Waals surface area contributed by atoms with Gasteiger partial charge < -0.3 is 19.7 Å². The summed E-state index contributed by atoms with van der Waals surface area (Å²) < 4.78 is 27.4. The van der Waals surface area contributed by atoms with E-state index >= 15 is 0 Å². The number of anilines is 1. The SMILES string of the molecule is CCN(C)c1nc2ccc(OC3CCC(OC[C@H](C)NC(C)=O)CC3)c(F)c2s1. The van der Waals surface area contributed by atoms with Crippen molar-refractivity contribution in [2.45, 2.75) is 64.7 Å². The van der Waals surface area contributed by atoms with Gasteiger partial charge >= 0.3 is 0 Å². The first-order chi connectivity index (χ1) is 13.9. The highest BCUT2D eigenvalue weighted by molar-refractivity contribution is 7.22. The van der Waals surface area contributed by atoms with Crippen molar-refractivity contribution >= 4 is 32.6 Å². The van der Waals surface area contributed by atoms with E-state index in [1.165, 1.54) is 18.3 Å². The quantitative estimate of drug-likeness (QED) is 0.692. The number of fused-ring (bicyclic) bond motifs is 1. The van der Waals surface area contributed by atoms with E-state index in [0.29, 0.717) is 22.6 Å². The number of rotatable bonds is 8. The molecule has 1 atom stereocenters. The van der Waals surface area contributed by atoms with Gasteiger partial charge in [-0.2, -0.15) is 0 Å². The monoisotopic (exact) mass is 423 g/mol. The Morgan fingerprint density at radius 3 is 2.69 bits per heavy atom. The number of hydrogen-bond donors (Lipinski definition) is 1. The van der Waals surface area contributed by atoms with Crippen molar-refractivity contribution in [2.75, 3.05) is 25.1 Å². The second kappa shape index (κ2) is 9.71. The van der Waals surface area contributed by atoms with Crippen molar-refractivity contribution in [3.05, 3.63) is 17.9 Å². The highest BCUT2D eigenvalue weighted by atomic mass is 32.1. The Balaban J connectivity index is 1.54. The Morgan fingerprint density at radius 2 is 2.03 bits per heavy atom. The fourth-order valence-electron chi connectivity index (χ4n) is 3.49. The molecule has 1 aliphatic rings. The average Bonchev–Trinajstić information content (AvgIpc) is 3.13. The third-order valence-electron chi connectivity index (χ3n) is 5.20. The number of thiazole rings is 1. The molecule has 0 unspecified atom stereocenters. The molecule has 6 nitrogen and oxygen atoms in total. The zero-order chi connectivity index (χ0) is 21.0. The zero-order valence-corrected chi connectivity index (χ0v) is 18.4. The van der Waals surface area contributed by atoms with Crippen molar-refractivity contribution < 1.29 is 18.7 Å². The molecule has 2 aromatic rings. The number of hydrogen-bond acceptors (Lipinski definition) is 6. The predicted molar refractivity (Wildman–Crippen MR) is 114 cm³/mol. The summed E-state index contributed by atoms with van der Waals surface area (Å²) in [5, 5.41) is 3.63. The lowest BCUT2D eigenvalue weighted by Crippen LogP contribution is -2.36. The van der Waals surface area contributed by atoms with Crippen molar-refractivity contribution in [1.29, 1.82) is 0 Å². The van der Waals surface area contributed by atoms with Gasteiger partial charge in [0, 0.05) is 26.6 Å². The zero-order valence-electron chi connectivity index (χ0n) is 17.5. The fraction of sp³-hybridized carbons (Fsp3) is 0.619. The molecule has 3 rings (SSSR count). The second-order valence-electron chi connectivity index (χ2n) is 7.69. The van der Waals surface area contributed by atoms with Gasteiger partial charge in [0.1, 0.15) is 0 Å². The second-order valence-corrected chi connectivity index (χ2v) is 8.67. The maximum atomic E-state index is 15.0. The van der Waals surface area contributed by atoms with Gasteiger partial charge in [0.05, 0.1) is 29.0 Å². The van der Waals surface area contributed by atoms with Gasteiger partial charge in [-0.15, -0.1) is 0 Å². The molecule has 0 aliphatic heterocycles. The summed E-state index contributed by atoms with van der Waals surface area (Å²) in [4.78, 5) is 17.6. The van der Waals surface area contributed by atoms with Crippen molar-refractivity contribution in [3.8, 4) is 5.75 Å². The molecule has 0 radical (unpaired) electrons. The molecule has 0 spiro atoms. The number of benzene rings is 1. The lowest BCUT2D eigenvalue weighted by Gasteiger charge is -2.30. The summed E-state index contributed by atoms with van der Waals surface area (Å²) in [5.41, 5.74) is 0.667. The van der Waals surface area contributed by atoms with Gasteiger partial charge in [-0.1, -0.05) is 11.3 Å². The summed E-state index contributed by atoms with van der Waals surface area (Å²) in [6, 6.07) is 3.51. The minimum atomic E-state index is -0.321. The molecule has 1 heterocycles. The molecule has 1 aromatic carbocycles. The van der Waals surface area contributed by atoms with Crippen LogP contribution in [-0.2, 0) is 9.53 Å². The molecule has 8 heteroatoms. The molecule has 1 N–H and O–H groups in total.